The van der Waals surface area contributed by atoms with Crippen LogP contribution in [-0.2, 0) is 10.2 Å². The van der Waals surface area contributed by atoms with Crippen molar-refractivity contribution < 1.29 is 32.7 Å². The van der Waals surface area contributed by atoms with E-state index in [9.17, 15) is 18.1 Å². The summed E-state index contributed by atoms with van der Waals surface area (Å²) < 4.78 is 45.1. The van der Waals surface area contributed by atoms with Crippen molar-refractivity contribution in [1.29, 1.82) is 0 Å². The molecule has 0 unspecified atom stereocenters. The van der Waals surface area contributed by atoms with Gasteiger partial charge >= 0.3 is 13.3 Å². The van der Waals surface area contributed by atoms with E-state index < -0.39 is 24.7 Å². The van der Waals surface area contributed by atoms with Gasteiger partial charge in [-0.15, -0.1) is 0 Å². The fraction of sp³-hybridized carbons (Fsp3) is 0.321. The van der Waals surface area contributed by atoms with Gasteiger partial charge < -0.3 is 19.8 Å². The molecule has 3 N–H and O–H groups in total. The van der Waals surface area contributed by atoms with Gasteiger partial charge in [0.25, 0.3) is 5.91 Å². The van der Waals surface area contributed by atoms with Crippen LogP contribution in [0.4, 0.5) is 14.5 Å². The Hall–Kier alpha value is -3.06. The van der Waals surface area contributed by atoms with Gasteiger partial charge in [-0.2, -0.15) is 8.78 Å². The average molecular weight is 532 g/mol. The zero-order valence-corrected chi connectivity index (χ0v) is 21.6. The summed E-state index contributed by atoms with van der Waals surface area (Å²) in [5.74, 6) is -0.0797. The third kappa shape index (κ3) is 7.48. The molecule has 0 aliphatic heterocycles. The lowest BCUT2D eigenvalue weighted by molar-refractivity contribution is 0.0564. The highest BCUT2D eigenvalue weighted by atomic mass is 31.2. The Kier molecular flexibility index (Phi) is 9.98. The number of hydrogen-bond donors (Lipinski definition) is 3. The van der Waals surface area contributed by atoms with Crippen molar-refractivity contribution in [2.45, 2.75) is 51.1 Å². The molecule has 0 spiro atoms. The number of hydrogen-bond acceptors (Lipinski definition) is 3. The van der Waals surface area contributed by atoms with Gasteiger partial charge in [-0.05, 0) is 35.7 Å². The third-order valence-corrected chi connectivity index (χ3v) is 6.94. The minimum Gasteiger partial charge on any atom is -0.493 e. The van der Waals surface area contributed by atoms with E-state index in [4.69, 9.17) is 14.5 Å². The molecule has 0 aromatic heterocycles. The number of benzene rings is 3. The summed E-state index contributed by atoms with van der Waals surface area (Å²) in [7, 11) is -5.69. The number of amides is 1. The van der Waals surface area contributed by atoms with Crippen molar-refractivity contribution in [2.24, 2.45) is 0 Å². The van der Waals surface area contributed by atoms with Crippen LogP contribution in [0.25, 0.3) is 11.1 Å². The molecule has 0 heterocycles. The second-order valence-electron chi connectivity index (χ2n) is 8.78. The summed E-state index contributed by atoms with van der Waals surface area (Å²) in [5.41, 5.74) is -3.19. The number of carbonyl (C=O) groups is 1. The second kappa shape index (κ2) is 13.0. The van der Waals surface area contributed by atoms with E-state index in [-0.39, 0.29) is 5.69 Å². The van der Waals surface area contributed by atoms with Crippen LogP contribution in [-0.4, -0.2) is 22.3 Å². The highest BCUT2D eigenvalue weighted by Crippen LogP contribution is 2.59. The lowest BCUT2D eigenvalue weighted by Crippen LogP contribution is -2.16. The van der Waals surface area contributed by atoms with E-state index in [1.54, 1.807) is 6.07 Å². The zero-order chi connectivity index (χ0) is 26.9. The first-order valence-electron chi connectivity index (χ1n) is 12.3. The van der Waals surface area contributed by atoms with Crippen molar-refractivity contribution in [1.82, 2.24) is 0 Å². The fourth-order valence-electron chi connectivity index (χ4n) is 3.92. The van der Waals surface area contributed by atoms with Gasteiger partial charge in [0.1, 0.15) is 5.75 Å². The van der Waals surface area contributed by atoms with Gasteiger partial charge in [-0.1, -0.05) is 93.6 Å². The Balaban J connectivity index is 1.82. The molecule has 0 aliphatic rings. The largest absolute Gasteiger partial charge is 0.493 e. The molecule has 0 saturated heterocycles. The normalized spacial score (nSPS) is 11.8. The Morgan fingerprint density at radius 2 is 1.54 bits per heavy atom. The number of carbonyl (C=O) groups excluding carboxylic acids is 1. The summed E-state index contributed by atoms with van der Waals surface area (Å²) in [6, 6.07) is 18.8. The second-order valence-corrected chi connectivity index (χ2v) is 10.4. The van der Waals surface area contributed by atoms with E-state index in [0.29, 0.717) is 23.5 Å². The van der Waals surface area contributed by atoms with Crippen LogP contribution in [0.2, 0.25) is 0 Å². The Morgan fingerprint density at radius 3 is 2.19 bits per heavy atom. The molecule has 3 rings (SSSR count). The zero-order valence-electron chi connectivity index (χ0n) is 20.7. The molecule has 3 aromatic carbocycles. The molecule has 3 aromatic rings. The minimum absolute atomic E-state index is 0.194. The van der Waals surface area contributed by atoms with E-state index in [0.717, 1.165) is 37.0 Å². The maximum absolute atomic E-state index is 14.0. The molecule has 0 fully saturated rings. The van der Waals surface area contributed by atoms with Crippen molar-refractivity contribution in [3.05, 3.63) is 83.9 Å². The van der Waals surface area contributed by atoms with Crippen molar-refractivity contribution in [3.63, 3.8) is 0 Å². The number of anilines is 1. The molecule has 6 nitrogen and oxygen atoms in total. The van der Waals surface area contributed by atoms with Gasteiger partial charge in [0.05, 0.1) is 12.2 Å². The van der Waals surface area contributed by atoms with Gasteiger partial charge in [0.15, 0.2) is 0 Å². The number of alkyl halides is 2. The number of nitrogens with one attached hydrogen (secondary N) is 1. The van der Waals surface area contributed by atoms with Crippen molar-refractivity contribution >= 4 is 19.2 Å². The maximum atomic E-state index is 14.0. The predicted octanol–water partition coefficient (Wildman–Crippen LogP) is 7.57. The quantitative estimate of drug-likeness (QED) is 0.156. The van der Waals surface area contributed by atoms with Gasteiger partial charge in [0.2, 0.25) is 0 Å². The first kappa shape index (κ1) is 28.5. The topological polar surface area (TPSA) is 95.9 Å². The van der Waals surface area contributed by atoms with Crippen LogP contribution in [0.1, 0.15) is 61.4 Å². The Labute approximate surface area is 215 Å². The van der Waals surface area contributed by atoms with E-state index in [2.05, 4.69) is 12.2 Å². The highest BCUT2D eigenvalue weighted by Gasteiger charge is 2.50. The summed E-state index contributed by atoms with van der Waals surface area (Å²) >= 11 is 0. The van der Waals surface area contributed by atoms with Crippen LogP contribution >= 0.6 is 7.60 Å². The number of ether oxygens (including phenoxy) is 1. The van der Waals surface area contributed by atoms with Crippen LogP contribution in [0.5, 0.6) is 5.75 Å². The summed E-state index contributed by atoms with van der Waals surface area (Å²) in [4.78, 5) is 31.3. The van der Waals surface area contributed by atoms with Crippen LogP contribution in [0.15, 0.2) is 72.8 Å². The SMILES string of the molecule is CCCCCCCCOc1cccc(-c2ccccc2)c1C(=O)Nc1ccc(C(F)(F)P(=O)(O)O)cc1. The summed E-state index contributed by atoms with van der Waals surface area (Å²) in [5, 5.41) is 2.69. The molecule has 37 heavy (non-hydrogen) atoms. The van der Waals surface area contributed by atoms with E-state index in [1.165, 1.54) is 31.4 Å². The van der Waals surface area contributed by atoms with E-state index in [1.807, 2.05) is 42.5 Å². The first-order chi connectivity index (χ1) is 17.6. The fourth-order valence-corrected chi connectivity index (χ4v) is 4.41. The molecule has 0 radical (unpaired) electrons. The molecule has 9 heteroatoms. The number of unbranched alkanes of at least 4 members (excludes halogenated alkanes) is 5. The minimum atomic E-state index is -5.69. The average Bonchev–Trinajstić information content (AvgIpc) is 2.88. The Bertz CT molecular complexity index is 1210. The molecule has 0 atom stereocenters. The molecular weight excluding hydrogens is 499 g/mol. The highest BCUT2D eigenvalue weighted by molar-refractivity contribution is 7.52. The van der Waals surface area contributed by atoms with Crippen LogP contribution in [0, 0.1) is 0 Å². The van der Waals surface area contributed by atoms with Gasteiger partial charge in [-0.25, -0.2) is 0 Å². The summed E-state index contributed by atoms with van der Waals surface area (Å²) in [6.45, 7) is 2.62. The smallest absolute Gasteiger partial charge is 0.399 e. The van der Waals surface area contributed by atoms with Gasteiger partial charge in [0, 0.05) is 11.3 Å². The van der Waals surface area contributed by atoms with Crippen LogP contribution in [0.3, 0.4) is 0 Å². The van der Waals surface area contributed by atoms with Crippen molar-refractivity contribution in [3.8, 4) is 16.9 Å². The van der Waals surface area contributed by atoms with Gasteiger partial charge in [-0.3, -0.25) is 9.36 Å². The Morgan fingerprint density at radius 1 is 0.892 bits per heavy atom. The summed E-state index contributed by atoms with van der Waals surface area (Å²) in [6.07, 6.45) is 6.59. The lowest BCUT2D eigenvalue weighted by atomic mass is 9.98. The molecule has 198 valence electrons. The standard InChI is InChI=1S/C28H32F2NO5P/c1-2-3-4-5-6-10-20-36-25-15-11-14-24(21-12-8-7-9-13-21)26(25)27(32)31-23-18-16-22(17-19-23)28(29,30)37(33,34)35/h7-9,11-19H,2-6,10,20H2,1H3,(H,31,32)(H2,33,34,35). The molecule has 0 saturated carbocycles. The first-order valence-corrected chi connectivity index (χ1v) is 13.9. The molecule has 0 aliphatic carbocycles. The lowest BCUT2D eigenvalue weighted by Gasteiger charge is -2.18. The van der Waals surface area contributed by atoms with Crippen LogP contribution < -0.4 is 10.1 Å². The maximum Gasteiger partial charge on any atom is 0.399 e. The molecule has 0 bridgehead atoms. The molecule has 1 amide bonds. The third-order valence-electron chi connectivity index (χ3n) is 5.95. The monoisotopic (exact) mass is 531 g/mol. The molecular formula is C28H32F2NO5P. The number of rotatable bonds is 13. The van der Waals surface area contributed by atoms with E-state index >= 15 is 0 Å². The predicted molar refractivity (Wildman–Crippen MR) is 141 cm³/mol. The van der Waals surface area contributed by atoms with Crippen molar-refractivity contribution in [2.75, 3.05) is 11.9 Å². The number of halogens is 2.